The van der Waals surface area contributed by atoms with Crippen molar-refractivity contribution in [2.75, 3.05) is 7.11 Å². The van der Waals surface area contributed by atoms with Gasteiger partial charge in [-0.25, -0.2) is 9.79 Å². The second kappa shape index (κ2) is 12.3. The number of benzene rings is 3. The SMILES string of the molecule is COC(=O)C1=C(C)N=c2s/c(=C\c3c(C)n(Cc4ccccc4)c4ccc(C)cc34)c(=O)n2[C@H]1c1cc(Br)ccc1OC(C)C. The Morgan fingerprint density at radius 2 is 1.82 bits per heavy atom. The predicted molar refractivity (Wildman–Crippen MR) is 183 cm³/mol. The van der Waals surface area contributed by atoms with Crippen LogP contribution in [0.4, 0.5) is 0 Å². The highest BCUT2D eigenvalue weighted by atomic mass is 79.9. The standard InChI is InChI=1S/C36H34BrN3O4S/c1-20(2)44-30-15-13-25(37)17-28(30)33-32(35(42)43-6)22(4)38-36-40(33)34(41)31(45-36)18-26-23(5)39(19-24-10-8-7-9-11-24)29-14-12-21(3)16-27(26)29/h7-18,20,33H,19H2,1-6H3/b31-18-/t33-/m0/s1. The predicted octanol–water partition coefficient (Wildman–Crippen LogP) is 6.58. The largest absolute Gasteiger partial charge is 0.491 e. The third-order valence-corrected chi connectivity index (χ3v) is 9.52. The lowest BCUT2D eigenvalue weighted by Gasteiger charge is -2.26. The summed E-state index contributed by atoms with van der Waals surface area (Å²) in [4.78, 5) is 33.0. The first kappa shape index (κ1) is 30.8. The van der Waals surface area contributed by atoms with Crippen molar-refractivity contribution in [3.63, 3.8) is 0 Å². The molecule has 2 aromatic heterocycles. The molecule has 1 aliphatic rings. The number of hydrogen-bond acceptors (Lipinski definition) is 6. The average Bonchev–Trinajstić information content (AvgIpc) is 3.45. The zero-order valence-corrected chi connectivity index (χ0v) is 28.5. The lowest BCUT2D eigenvalue weighted by molar-refractivity contribution is -0.136. The monoisotopic (exact) mass is 683 g/mol. The summed E-state index contributed by atoms with van der Waals surface area (Å²) >= 11 is 4.90. The van der Waals surface area contributed by atoms with Crippen molar-refractivity contribution in [1.29, 1.82) is 0 Å². The van der Waals surface area contributed by atoms with E-state index in [0.717, 1.165) is 32.2 Å². The number of carbonyl (C=O) groups is 1. The molecule has 0 radical (unpaired) electrons. The van der Waals surface area contributed by atoms with Crippen LogP contribution in [0.5, 0.6) is 5.75 Å². The van der Waals surface area contributed by atoms with E-state index in [0.29, 0.717) is 38.5 Å². The molecular weight excluding hydrogens is 650 g/mol. The maximum Gasteiger partial charge on any atom is 0.338 e. The number of thiazole rings is 1. The third-order valence-electron chi connectivity index (χ3n) is 8.04. The van der Waals surface area contributed by atoms with Crippen LogP contribution in [-0.2, 0) is 16.1 Å². The summed E-state index contributed by atoms with van der Waals surface area (Å²) in [5.74, 6) is 0.0421. The molecule has 9 heteroatoms. The molecular formula is C36H34BrN3O4S. The summed E-state index contributed by atoms with van der Waals surface area (Å²) in [6.07, 6.45) is 1.86. The van der Waals surface area contributed by atoms with Crippen LogP contribution < -0.4 is 19.6 Å². The maximum absolute atomic E-state index is 14.4. The molecule has 45 heavy (non-hydrogen) atoms. The van der Waals surface area contributed by atoms with E-state index in [2.05, 4.69) is 64.7 Å². The van der Waals surface area contributed by atoms with Crippen molar-refractivity contribution < 1.29 is 14.3 Å². The second-order valence-corrected chi connectivity index (χ2v) is 13.4. The molecule has 0 N–H and O–H groups in total. The molecule has 0 bridgehead atoms. The van der Waals surface area contributed by atoms with Gasteiger partial charge in [0.25, 0.3) is 5.56 Å². The van der Waals surface area contributed by atoms with Gasteiger partial charge in [-0.2, -0.15) is 0 Å². The molecule has 0 fully saturated rings. The zero-order chi connectivity index (χ0) is 32.0. The Bertz CT molecular complexity index is 2170. The van der Waals surface area contributed by atoms with Gasteiger partial charge in [-0.1, -0.05) is 69.2 Å². The molecule has 0 amide bonds. The van der Waals surface area contributed by atoms with Crippen LogP contribution in [0.3, 0.4) is 0 Å². The van der Waals surface area contributed by atoms with Gasteiger partial charge in [-0.15, -0.1) is 0 Å². The minimum Gasteiger partial charge on any atom is -0.491 e. The molecule has 3 heterocycles. The fourth-order valence-electron chi connectivity index (χ4n) is 5.99. The van der Waals surface area contributed by atoms with Gasteiger partial charge in [0.2, 0.25) is 0 Å². The molecule has 1 atom stereocenters. The highest BCUT2D eigenvalue weighted by Gasteiger charge is 2.35. The number of allylic oxidation sites excluding steroid dienone is 1. The number of methoxy groups -OCH3 is 1. The summed E-state index contributed by atoms with van der Waals surface area (Å²) < 4.78 is 16.6. The number of carbonyl (C=O) groups excluding carboxylic acids is 1. The number of fused-ring (bicyclic) bond motifs is 2. The highest BCUT2D eigenvalue weighted by Crippen LogP contribution is 2.38. The zero-order valence-electron chi connectivity index (χ0n) is 26.1. The van der Waals surface area contributed by atoms with E-state index in [1.165, 1.54) is 24.0 Å². The number of halogens is 1. The fraction of sp³-hybridized carbons (Fsp3) is 0.250. The van der Waals surface area contributed by atoms with Crippen LogP contribution in [0.2, 0.25) is 0 Å². The average molecular weight is 685 g/mol. The molecule has 0 saturated carbocycles. The first-order valence-electron chi connectivity index (χ1n) is 14.8. The van der Waals surface area contributed by atoms with Crippen LogP contribution in [0.1, 0.15) is 54.8 Å². The normalized spacial score (nSPS) is 15.0. The molecule has 0 saturated heterocycles. The topological polar surface area (TPSA) is 74.8 Å². The molecule has 5 aromatic rings. The van der Waals surface area contributed by atoms with Gasteiger partial charge in [0.1, 0.15) is 11.8 Å². The minimum atomic E-state index is -0.787. The molecule has 7 nitrogen and oxygen atoms in total. The van der Waals surface area contributed by atoms with Gasteiger partial charge in [0, 0.05) is 38.7 Å². The van der Waals surface area contributed by atoms with Gasteiger partial charge in [0.05, 0.1) is 29.0 Å². The molecule has 0 aliphatic carbocycles. The van der Waals surface area contributed by atoms with E-state index >= 15 is 0 Å². The Kier molecular flexibility index (Phi) is 8.41. The summed E-state index contributed by atoms with van der Waals surface area (Å²) in [6.45, 7) is 10.6. The van der Waals surface area contributed by atoms with E-state index in [9.17, 15) is 9.59 Å². The number of aryl methyl sites for hydroxylation is 1. The number of ether oxygens (including phenoxy) is 2. The molecule has 230 valence electrons. The highest BCUT2D eigenvalue weighted by molar-refractivity contribution is 9.10. The van der Waals surface area contributed by atoms with Crippen LogP contribution in [0, 0.1) is 13.8 Å². The molecule has 0 spiro atoms. The van der Waals surface area contributed by atoms with E-state index < -0.39 is 12.0 Å². The summed E-state index contributed by atoms with van der Waals surface area (Å²) in [7, 11) is 1.34. The first-order valence-corrected chi connectivity index (χ1v) is 16.4. The minimum absolute atomic E-state index is 0.118. The van der Waals surface area contributed by atoms with Crippen LogP contribution in [0.15, 0.2) is 92.3 Å². The van der Waals surface area contributed by atoms with Gasteiger partial charge >= 0.3 is 5.97 Å². The molecule has 1 aliphatic heterocycles. The van der Waals surface area contributed by atoms with Gasteiger partial charge in [-0.05, 0) is 76.6 Å². The molecule has 3 aromatic carbocycles. The number of hydrogen-bond donors (Lipinski definition) is 0. The van der Waals surface area contributed by atoms with Crippen molar-refractivity contribution in [2.45, 2.75) is 53.3 Å². The van der Waals surface area contributed by atoms with Gasteiger partial charge < -0.3 is 14.0 Å². The van der Waals surface area contributed by atoms with Crippen molar-refractivity contribution in [3.8, 4) is 5.75 Å². The number of aromatic nitrogens is 2. The lowest BCUT2D eigenvalue weighted by atomic mass is 9.95. The van der Waals surface area contributed by atoms with Crippen molar-refractivity contribution in [3.05, 3.63) is 130 Å². The van der Waals surface area contributed by atoms with Crippen LogP contribution in [-0.4, -0.2) is 28.3 Å². The van der Waals surface area contributed by atoms with Gasteiger partial charge in [-0.3, -0.25) is 9.36 Å². The van der Waals surface area contributed by atoms with Crippen molar-refractivity contribution in [1.82, 2.24) is 9.13 Å². The van der Waals surface area contributed by atoms with Crippen LogP contribution >= 0.6 is 27.3 Å². The molecule has 6 rings (SSSR count). The van der Waals surface area contributed by atoms with Gasteiger partial charge in [0.15, 0.2) is 4.80 Å². The smallest absolute Gasteiger partial charge is 0.338 e. The van der Waals surface area contributed by atoms with Crippen molar-refractivity contribution >= 4 is 50.2 Å². The third kappa shape index (κ3) is 5.71. The summed E-state index contributed by atoms with van der Waals surface area (Å²) in [6, 6.07) is 21.6. The van der Waals surface area contributed by atoms with E-state index in [1.54, 1.807) is 11.5 Å². The Labute approximate surface area is 273 Å². The maximum atomic E-state index is 14.4. The van der Waals surface area contributed by atoms with Crippen LogP contribution in [0.25, 0.3) is 17.0 Å². The van der Waals surface area contributed by atoms with Crippen molar-refractivity contribution in [2.24, 2.45) is 4.99 Å². The Hall–Kier alpha value is -4.21. The first-order chi connectivity index (χ1) is 21.6. The number of esters is 1. The quantitative estimate of drug-likeness (QED) is 0.182. The number of rotatable bonds is 7. The lowest BCUT2D eigenvalue weighted by Crippen LogP contribution is -2.40. The Morgan fingerprint density at radius 1 is 1.07 bits per heavy atom. The molecule has 0 unspecified atom stereocenters. The Balaban J connectivity index is 1.60. The summed E-state index contributed by atoms with van der Waals surface area (Å²) in [5, 5.41) is 1.08. The second-order valence-electron chi connectivity index (χ2n) is 11.5. The Morgan fingerprint density at radius 3 is 2.53 bits per heavy atom. The van der Waals surface area contributed by atoms with E-state index in [-0.39, 0.29) is 11.7 Å². The fourth-order valence-corrected chi connectivity index (χ4v) is 7.39. The summed E-state index contributed by atoms with van der Waals surface area (Å²) in [5.41, 5.74) is 6.73. The van der Waals surface area contributed by atoms with E-state index in [4.69, 9.17) is 14.5 Å². The number of nitrogens with zero attached hydrogens (tertiary/aromatic N) is 3. The van der Waals surface area contributed by atoms with E-state index in [1.807, 2.05) is 56.3 Å².